The number of amides is 2. The van der Waals surface area contributed by atoms with Crippen LogP contribution < -0.4 is 5.32 Å². The smallest absolute Gasteiger partial charge is 0.240 e. The van der Waals surface area contributed by atoms with Crippen molar-refractivity contribution in [2.24, 2.45) is 5.41 Å². The second kappa shape index (κ2) is 6.30. The average molecular weight is 302 g/mol. The van der Waals surface area contributed by atoms with Gasteiger partial charge in [0.25, 0.3) is 0 Å². The molecule has 5 heteroatoms. The molecular formula is C17H22N2O3. The second-order valence-electron chi connectivity index (χ2n) is 5.65. The van der Waals surface area contributed by atoms with E-state index in [9.17, 15) is 14.4 Å². The molecule has 0 heterocycles. The number of benzene rings is 1. The minimum Gasteiger partial charge on any atom is -0.342 e. The van der Waals surface area contributed by atoms with Gasteiger partial charge in [0.1, 0.15) is 5.41 Å². The molecule has 0 saturated heterocycles. The van der Waals surface area contributed by atoms with Crippen LogP contribution in [0.2, 0.25) is 0 Å². The van der Waals surface area contributed by atoms with Gasteiger partial charge in [0.05, 0.1) is 0 Å². The predicted octanol–water partition coefficient (Wildman–Crippen LogP) is 2.48. The van der Waals surface area contributed by atoms with Gasteiger partial charge in [-0.1, -0.05) is 12.1 Å². The molecule has 1 fully saturated rings. The molecule has 0 radical (unpaired) electrons. The molecule has 0 aliphatic heterocycles. The molecule has 22 heavy (non-hydrogen) atoms. The maximum atomic E-state index is 12.5. The Morgan fingerprint density at radius 1 is 1.18 bits per heavy atom. The summed E-state index contributed by atoms with van der Waals surface area (Å²) in [6.45, 7) is 6.50. The Morgan fingerprint density at radius 2 is 1.82 bits per heavy atom. The zero-order valence-electron chi connectivity index (χ0n) is 13.3. The lowest BCUT2D eigenvalue weighted by atomic mass is 10.0. The molecule has 0 unspecified atom stereocenters. The second-order valence-corrected chi connectivity index (χ2v) is 5.65. The number of nitrogens with zero attached hydrogens (tertiary/aromatic N) is 1. The molecule has 1 aromatic rings. The number of Topliss-reactive ketones (excluding diaryl/α,β-unsaturated/α-hetero) is 1. The van der Waals surface area contributed by atoms with Crippen molar-refractivity contribution in [3.8, 4) is 0 Å². The molecule has 2 rings (SSSR count). The topological polar surface area (TPSA) is 66.5 Å². The van der Waals surface area contributed by atoms with Crippen LogP contribution in [0.1, 0.15) is 44.0 Å². The van der Waals surface area contributed by atoms with Gasteiger partial charge < -0.3 is 10.2 Å². The van der Waals surface area contributed by atoms with Gasteiger partial charge in [-0.05, 0) is 45.7 Å². The van der Waals surface area contributed by atoms with Gasteiger partial charge in [0.2, 0.25) is 11.8 Å². The summed E-state index contributed by atoms with van der Waals surface area (Å²) in [7, 11) is 0. The molecule has 0 spiro atoms. The zero-order valence-corrected chi connectivity index (χ0v) is 13.3. The van der Waals surface area contributed by atoms with Gasteiger partial charge >= 0.3 is 0 Å². The summed E-state index contributed by atoms with van der Waals surface area (Å²) in [5.74, 6) is -0.431. The quantitative estimate of drug-likeness (QED) is 0.648. The number of carbonyl (C=O) groups is 3. The standard InChI is InChI=1S/C17H22N2O3/c1-4-19(5-2)16(22)17(9-10-17)15(21)18-14-8-6-7-13(11-14)12(3)20/h6-8,11H,4-5,9-10H2,1-3H3,(H,18,21). The van der Waals surface area contributed by atoms with Gasteiger partial charge in [0.15, 0.2) is 5.78 Å². The van der Waals surface area contributed by atoms with Crippen LogP contribution in [-0.4, -0.2) is 35.6 Å². The van der Waals surface area contributed by atoms with E-state index in [-0.39, 0.29) is 17.6 Å². The SMILES string of the molecule is CCN(CC)C(=O)C1(C(=O)Nc2cccc(C(C)=O)c2)CC1. The first-order valence-corrected chi connectivity index (χ1v) is 7.66. The maximum absolute atomic E-state index is 12.5. The van der Waals surface area contributed by atoms with Crippen LogP contribution in [0, 0.1) is 5.41 Å². The van der Waals surface area contributed by atoms with Gasteiger partial charge in [-0.25, -0.2) is 0 Å². The number of nitrogens with one attached hydrogen (secondary N) is 1. The van der Waals surface area contributed by atoms with Crippen molar-refractivity contribution in [3.05, 3.63) is 29.8 Å². The van der Waals surface area contributed by atoms with E-state index in [2.05, 4.69) is 5.32 Å². The summed E-state index contributed by atoms with van der Waals surface area (Å²) in [5.41, 5.74) is 0.173. The highest BCUT2D eigenvalue weighted by molar-refractivity contribution is 6.13. The van der Waals surface area contributed by atoms with Crippen LogP contribution >= 0.6 is 0 Å². The van der Waals surface area contributed by atoms with E-state index in [1.807, 2.05) is 13.8 Å². The van der Waals surface area contributed by atoms with Crippen molar-refractivity contribution in [1.29, 1.82) is 0 Å². The maximum Gasteiger partial charge on any atom is 0.240 e. The Bertz CT molecular complexity index is 602. The molecule has 5 nitrogen and oxygen atoms in total. The van der Waals surface area contributed by atoms with E-state index in [0.717, 1.165) is 0 Å². The lowest BCUT2D eigenvalue weighted by Gasteiger charge is -2.24. The van der Waals surface area contributed by atoms with E-state index >= 15 is 0 Å². The van der Waals surface area contributed by atoms with E-state index in [1.54, 1.807) is 29.2 Å². The Labute approximate surface area is 130 Å². The highest BCUT2D eigenvalue weighted by Gasteiger charge is 2.57. The molecule has 1 aromatic carbocycles. The van der Waals surface area contributed by atoms with E-state index in [1.165, 1.54) is 6.92 Å². The third kappa shape index (κ3) is 3.03. The Hall–Kier alpha value is -2.17. The van der Waals surface area contributed by atoms with Crippen LogP contribution in [-0.2, 0) is 9.59 Å². The van der Waals surface area contributed by atoms with Gasteiger partial charge in [0, 0.05) is 24.3 Å². The highest BCUT2D eigenvalue weighted by atomic mass is 16.2. The number of hydrogen-bond donors (Lipinski definition) is 1. The van der Waals surface area contributed by atoms with Crippen LogP contribution in [0.4, 0.5) is 5.69 Å². The number of hydrogen-bond acceptors (Lipinski definition) is 3. The fourth-order valence-electron chi connectivity index (χ4n) is 2.54. The zero-order chi connectivity index (χ0) is 16.3. The fourth-order valence-corrected chi connectivity index (χ4v) is 2.54. The molecule has 1 aliphatic rings. The van der Waals surface area contributed by atoms with Gasteiger partial charge in [-0.3, -0.25) is 14.4 Å². The van der Waals surface area contributed by atoms with Crippen molar-refractivity contribution in [1.82, 2.24) is 4.90 Å². The third-order valence-electron chi connectivity index (χ3n) is 4.17. The average Bonchev–Trinajstić information content (AvgIpc) is 3.30. The summed E-state index contributed by atoms with van der Waals surface area (Å²) in [6.07, 6.45) is 1.17. The molecule has 0 aromatic heterocycles. The van der Waals surface area contributed by atoms with Crippen LogP contribution in [0.15, 0.2) is 24.3 Å². The van der Waals surface area contributed by atoms with E-state index in [4.69, 9.17) is 0 Å². The summed E-state index contributed by atoms with van der Waals surface area (Å²) in [6, 6.07) is 6.78. The summed E-state index contributed by atoms with van der Waals surface area (Å²) in [4.78, 5) is 38.1. The molecule has 1 saturated carbocycles. The van der Waals surface area contributed by atoms with Crippen molar-refractivity contribution in [2.45, 2.75) is 33.6 Å². The molecular weight excluding hydrogens is 280 g/mol. The fraction of sp³-hybridized carbons (Fsp3) is 0.471. The van der Waals surface area contributed by atoms with E-state index in [0.29, 0.717) is 37.2 Å². The van der Waals surface area contributed by atoms with Crippen LogP contribution in [0.3, 0.4) is 0 Å². The van der Waals surface area contributed by atoms with Crippen molar-refractivity contribution in [3.63, 3.8) is 0 Å². The molecule has 1 aliphatic carbocycles. The summed E-state index contributed by atoms with van der Waals surface area (Å²) < 4.78 is 0. The number of carbonyl (C=O) groups excluding carboxylic acids is 3. The van der Waals surface area contributed by atoms with E-state index < -0.39 is 5.41 Å². The monoisotopic (exact) mass is 302 g/mol. The lowest BCUT2D eigenvalue weighted by molar-refractivity contribution is -0.141. The lowest BCUT2D eigenvalue weighted by Crippen LogP contribution is -2.42. The van der Waals surface area contributed by atoms with Crippen molar-refractivity contribution >= 4 is 23.3 Å². The highest BCUT2D eigenvalue weighted by Crippen LogP contribution is 2.48. The molecule has 0 atom stereocenters. The summed E-state index contributed by atoms with van der Waals surface area (Å²) in [5, 5.41) is 2.79. The van der Waals surface area contributed by atoms with Crippen molar-refractivity contribution < 1.29 is 14.4 Å². The predicted molar refractivity (Wildman–Crippen MR) is 84.7 cm³/mol. The first kappa shape index (κ1) is 16.2. The normalized spacial score (nSPS) is 15.0. The largest absolute Gasteiger partial charge is 0.342 e. The number of rotatable bonds is 6. The minimum atomic E-state index is -0.918. The number of anilines is 1. The molecule has 0 bridgehead atoms. The summed E-state index contributed by atoms with van der Waals surface area (Å²) >= 11 is 0. The third-order valence-corrected chi connectivity index (χ3v) is 4.17. The molecule has 118 valence electrons. The van der Waals surface area contributed by atoms with Gasteiger partial charge in [-0.2, -0.15) is 0 Å². The molecule has 2 amide bonds. The number of ketones is 1. The Kier molecular flexibility index (Phi) is 4.64. The minimum absolute atomic E-state index is 0.0588. The van der Waals surface area contributed by atoms with Crippen LogP contribution in [0.25, 0.3) is 0 Å². The Balaban J connectivity index is 2.14. The Morgan fingerprint density at radius 3 is 2.32 bits per heavy atom. The first-order valence-electron chi connectivity index (χ1n) is 7.66. The van der Waals surface area contributed by atoms with Crippen molar-refractivity contribution in [2.75, 3.05) is 18.4 Å². The van der Waals surface area contributed by atoms with Gasteiger partial charge in [-0.15, -0.1) is 0 Å². The molecule has 1 N–H and O–H groups in total. The van der Waals surface area contributed by atoms with Crippen LogP contribution in [0.5, 0.6) is 0 Å². The first-order chi connectivity index (χ1) is 10.4.